The minimum absolute atomic E-state index is 0.256. The van der Waals surface area contributed by atoms with E-state index in [2.05, 4.69) is 20.4 Å². The van der Waals surface area contributed by atoms with Crippen LogP contribution in [0.15, 0.2) is 23.0 Å². The van der Waals surface area contributed by atoms with E-state index in [9.17, 15) is 0 Å². The summed E-state index contributed by atoms with van der Waals surface area (Å²) in [5, 5.41) is 7.68. The topological polar surface area (TPSA) is 63.8 Å². The quantitative estimate of drug-likeness (QED) is 0.885. The Kier molecular flexibility index (Phi) is 2.78. The lowest BCUT2D eigenvalue weighted by molar-refractivity contribution is 0.353. The Balaban J connectivity index is 1.92. The van der Waals surface area contributed by atoms with E-state index in [4.69, 9.17) is 16.1 Å². The molecule has 1 N–H and O–H groups in total. The van der Waals surface area contributed by atoms with Crippen LogP contribution in [0.2, 0.25) is 5.15 Å². The van der Waals surface area contributed by atoms with Gasteiger partial charge >= 0.3 is 0 Å². The lowest BCUT2D eigenvalue weighted by Crippen LogP contribution is -2.11. The Bertz CT molecular complexity index is 522. The van der Waals surface area contributed by atoms with Crippen LogP contribution in [0.4, 0.5) is 0 Å². The van der Waals surface area contributed by atoms with Crippen LogP contribution in [-0.4, -0.2) is 21.7 Å². The summed E-state index contributed by atoms with van der Waals surface area (Å²) >= 11 is 5.96. The molecule has 0 radical (unpaired) electrons. The molecule has 3 heterocycles. The van der Waals surface area contributed by atoms with Crippen molar-refractivity contribution in [1.29, 1.82) is 0 Å². The Labute approximate surface area is 103 Å². The molecule has 5 nitrogen and oxygen atoms in total. The van der Waals surface area contributed by atoms with Gasteiger partial charge in [0.1, 0.15) is 11.4 Å². The first-order chi connectivity index (χ1) is 8.34. The maximum Gasteiger partial charge on any atom is 0.157 e. The minimum atomic E-state index is 0.256. The summed E-state index contributed by atoms with van der Waals surface area (Å²) in [6, 6.07) is 2.13. The third kappa shape index (κ3) is 2.03. The van der Waals surface area contributed by atoms with Crippen LogP contribution in [-0.2, 0) is 0 Å². The summed E-state index contributed by atoms with van der Waals surface area (Å²) < 4.78 is 5.32. The molecular formula is C11H11ClN4O. The highest BCUT2D eigenvalue weighted by Gasteiger charge is 2.21. The van der Waals surface area contributed by atoms with Gasteiger partial charge in [0, 0.05) is 18.5 Å². The zero-order valence-corrected chi connectivity index (χ0v) is 9.81. The average Bonchev–Trinajstić information content (AvgIpc) is 3.00. The smallest absolute Gasteiger partial charge is 0.157 e. The van der Waals surface area contributed by atoms with Gasteiger partial charge < -0.3 is 9.84 Å². The van der Waals surface area contributed by atoms with Crippen LogP contribution in [0.25, 0.3) is 11.4 Å². The van der Waals surface area contributed by atoms with Crippen molar-refractivity contribution in [3.63, 3.8) is 0 Å². The van der Waals surface area contributed by atoms with Gasteiger partial charge in [0.15, 0.2) is 10.9 Å². The second-order valence-corrected chi connectivity index (χ2v) is 4.32. The lowest BCUT2D eigenvalue weighted by Gasteiger charge is -2.02. The maximum atomic E-state index is 5.96. The second-order valence-electron chi connectivity index (χ2n) is 3.96. The van der Waals surface area contributed by atoms with Crippen LogP contribution >= 0.6 is 11.6 Å². The third-order valence-corrected chi connectivity index (χ3v) is 3.10. The molecule has 6 heteroatoms. The molecule has 0 saturated carbocycles. The zero-order chi connectivity index (χ0) is 11.7. The van der Waals surface area contributed by atoms with E-state index in [-0.39, 0.29) is 6.04 Å². The second kappa shape index (κ2) is 4.43. The van der Waals surface area contributed by atoms with E-state index in [1.165, 1.54) is 0 Å². The van der Waals surface area contributed by atoms with Gasteiger partial charge in [-0.05, 0) is 19.4 Å². The van der Waals surface area contributed by atoms with Crippen molar-refractivity contribution >= 4 is 11.6 Å². The highest BCUT2D eigenvalue weighted by atomic mass is 35.5. The number of hydrogen-bond acceptors (Lipinski definition) is 5. The predicted molar refractivity (Wildman–Crippen MR) is 62.5 cm³/mol. The van der Waals surface area contributed by atoms with Crippen LogP contribution in [0, 0.1) is 0 Å². The molecule has 88 valence electrons. The fraction of sp³-hybridized carbons (Fsp3) is 0.364. The van der Waals surface area contributed by atoms with E-state index in [1.807, 2.05) is 6.07 Å². The van der Waals surface area contributed by atoms with E-state index in [1.54, 1.807) is 12.4 Å². The highest BCUT2D eigenvalue weighted by Crippen LogP contribution is 2.28. The summed E-state index contributed by atoms with van der Waals surface area (Å²) in [5.74, 6) is 0.833. The molecule has 17 heavy (non-hydrogen) atoms. The monoisotopic (exact) mass is 250 g/mol. The van der Waals surface area contributed by atoms with Crippen molar-refractivity contribution in [3.8, 4) is 11.4 Å². The molecule has 1 atom stereocenters. The summed E-state index contributed by atoms with van der Waals surface area (Å²) in [5.41, 5.74) is 1.19. The standard InChI is InChI=1S/C11H11ClN4O/c12-11-10(14-4-5-15-11)8-6-9(17-16-8)7-2-1-3-13-7/h4-7,13H,1-3H2/t7-/m0/s1. The molecular weight excluding hydrogens is 240 g/mol. The van der Waals surface area contributed by atoms with E-state index in [0.29, 0.717) is 16.5 Å². The Morgan fingerprint density at radius 3 is 3.00 bits per heavy atom. The van der Waals surface area contributed by atoms with E-state index >= 15 is 0 Å². The summed E-state index contributed by atoms with van der Waals surface area (Å²) in [4.78, 5) is 8.12. The van der Waals surface area contributed by atoms with Crippen molar-refractivity contribution in [3.05, 3.63) is 29.4 Å². The zero-order valence-electron chi connectivity index (χ0n) is 9.06. The van der Waals surface area contributed by atoms with Crippen molar-refractivity contribution in [2.45, 2.75) is 18.9 Å². The van der Waals surface area contributed by atoms with Crippen molar-refractivity contribution in [2.24, 2.45) is 0 Å². The Morgan fingerprint density at radius 2 is 2.24 bits per heavy atom. The fourth-order valence-corrected chi connectivity index (χ4v) is 2.19. The van der Waals surface area contributed by atoms with Crippen molar-refractivity contribution in [1.82, 2.24) is 20.4 Å². The molecule has 3 rings (SSSR count). The number of halogens is 1. The predicted octanol–water partition coefficient (Wildman–Crippen LogP) is 2.21. The molecule has 2 aromatic heterocycles. The number of aromatic nitrogens is 3. The average molecular weight is 251 g/mol. The SMILES string of the molecule is Clc1nccnc1-c1cc([C@@H]2CCCN2)on1. The fourth-order valence-electron chi connectivity index (χ4n) is 1.99. The van der Waals surface area contributed by atoms with Gasteiger partial charge in [0.05, 0.1) is 6.04 Å². The van der Waals surface area contributed by atoms with Crippen LogP contribution < -0.4 is 5.32 Å². The number of hydrogen-bond donors (Lipinski definition) is 1. The molecule has 1 saturated heterocycles. The van der Waals surface area contributed by atoms with Gasteiger partial charge in [-0.1, -0.05) is 16.8 Å². The van der Waals surface area contributed by atoms with Gasteiger partial charge in [0.25, 0.3) is 0 Å². The van der Waals surface area contributed by atoms with Crippen molar-refractivity contribution in [2.75, 3.05) is 6.54 Å². The molecule has 2 aromatic rings. The van der Waals surface area contributed by atoms with E-state index < -0.39 is 0 Å². The molecule has 0 aromatic carbocycles. The molecule has 1 aliphatic rings. The molecule has 1 fully saturated rings. The van der Waals surface area contributed by atoms with Crippen LogP contribution in [0.3, 0.4) is 0 Å². The molecule has 1 aliphatic heterocycles. The van der Waals surface area contributed by atoms with Crippen LogP contribution in [0.5, 0.6) is 0 Å². The highest BCUT2D eigenvalue weighted by molar-refractivity contribution is 6.31. The molecule has 0 bridgehead atoms. The first-order valence-corrected chi connectivity index (χ1v) is 5.89. The largest absolute Gasteiger partial charge is 0.359 e. The van der Waals surface area contributed by atoms with E-state index in [0.717, 1.165) is 25.1 Å². The third-order valence-electron chi connectivity index (χ3n) is 2.83. The van der Waals surface area contributed by atoms with Gasteiger partial charge in [-0.15, -0.1) is 0 Å². The molecule has 0 aliphatic carbocycles. The normalized spacial score (nSPS) is 19.7. The van der Waals surface area contributed by atoms with Crippen molar-refractivity contribution < 1.29 is 4.52 Å². The summed E-state index contributed by atoms with van der Waals surface area (Å²) in [7, 11) is 0. The number of nitrogens with one attached hydrogen (secondary N) is 1. The first-order valence-electron chi connectivity index (χ1n) is 5.51. The maximum absolute atomic E-state index is 5.96. The first kappa shape index (κ1) is 10.7. The van der Waals surface area contributed by atoms with Gasteiger partial charge in [-0.3, -0.25) is 0 Å². The lowest BCUT2D eigenvalue weighted by atomic mass is 10.1. The van der Waals surface area contributed by atoms with Crippen LogP contribution in [0.1, 0.15) is 24.6 Å². The molecule has 0 spiro atoms. The molecule has 0 amide bonds. The van der Waals surface area contributed by atoms with Gasteiger partial charge in [-0.2, -0.15) is 0 Å². The minimum Gasteiger partial charge on any atom is -0.359 e. The van der Waals surface area contributed by atoms with Gasteiger partial charge in [0.2, 0.25) is 0 Å². The summed E-state index contributed by atoms with van der Waals surface area (Å²) in [6.45, 7) is 1.02. The Hall–Kier alpha value is -1.46. The molecule has 0 unspecified atom stereocenters. The Morgan fingerprint density at radius 1 is 1.35 bits per heavy atom. The summed E-state index contributed by atoms with van der Waals surface area (Å²) in [6.07, 6.45) is 5.37. The van der Waals surface area contributed by atoms with Gasteiger partial charge in [-0.25, -0.2) is 9.97 Å². The number of rotatable bonds is 2. The number of nitrogens with zero attached hydrogens (tertiary/aromatic N) is 3.